The number of rotatable bonds is 5. The lowest BCUT2D eigenvalue weighted by Gasteiger charge is -2.07. The third kappa shape index (κ3) is 4.28. The average molecular weight is 462 g/mol. The minimum Gasteiger partial charge on any atom is -0.451 e. The average Bonchev–Trinajstić information content (AvgIpc) is 3.30. The van der Waals surface area contributed by atoms with Gasteiger partial charge in [-0.25, -0.2) is 18.3 Å². The Kier molecular flexibility index (Phi) is 5.71. The number of hydrogen-bond donors (Lipinski definition) is 1. The third-order valence-electron chi connectivity index (χ3n) is 4.38. The highest BCUT2D eigenvalue weighted by Crippen LogP contribution is 2.31. The second-order valence-corrected chi connectivity index (χ2v) is 7.99. The van der Waals surface area contributed by atoms with Gasteiger partial charge < -0.3 is 10.1 Å². The fraction of sp³-hybridized carbons (Fsp3) is 0.0952. The molecule has 0 fully saturated rings. The van der Waals surface area contributed by atoms with Gasteiger partial charge in [-0.3, -0.25) is 4.79 Å². The zero-order valence-corrected chi connectivity index (χ0v) is 17.6. The minimum absolute atomic E-state index is 0.267. The van der Waals surface area contributed by atoms with Gasteiger partial charge in [-0.15, -0.1) is 11.3 Å². The number of ether oxygens (including phenoxy) is 1. The number of nitrogens with one attached hydrogen (secondary N) is 1. The first-order chi connectivity index (χ1) is 14.8. The van der Waals surface area contributed by atoms with Crippen molar-refractivity contribution < 1.29 is 23.1 Å². The fourth-order valence-electron chi connectivity index (χ4n) is 2.90. The van der Waals surface area contributed by atoms with Gasteiger partial charge in [-0.1, -0.05) is 17.7 Å². The molecule has 10 heteroatoms. The quantitative estimate of drug-likeness (QED) is 0.418. The minimum atomic E-state index is -0.925. The first-order valence-corrected chi connectivity index (χ1v) is 10.2. The highest BCUT2D eigenvalue weighted by molar-refractivity contribution is 7.20. The molecule has 1 amide bonds. The van der Waals surface area contributed by atoms with Crippen LogP contribution in [0.2, 0.25) is 5.02 Å². The maximum Gasteiger partial charge on any atom is 0.348 e. The number of amides is 1. The van der Waals surface area contributed by atoms with Crippen LogP contribution in [0.3, 0.4) is 0 Å². The van der Waals surface area contributed by atoms with Crippen molar-refractivity contribution in [3.05, 3.63) is 75.8 Å². The smallest absolute Gasteiger partial charge is 0.348 e. The van der Waals surface area contributed by atoms with Crippen LogP contribution in [-0.4, -0.2) is 28.3 Å². The third-order valence-corrected chi connectivity index (χ3v) is 5.72. The van der Waals surface area contributed by atoms with Gasteiger partial charge in [0.25, 0.3) is 5.91 Å². The van der Waals surface area contributed by atoms with E-state index in [-0.39, 0.29) is 4.88 Å². The van der Waals surface area contributed by atoms with Gasteiger partial charge >= 0.3 is 5.97 Å². The van der Waals surface area contributed by atoms with Crippen LogP contribution in [-0.2, 0) is 9.53 Å². The van der Waals surface area contributed by atoms with Crippen LogP contribution in [0.4, 0.5) is 14.5 Å². The molecule has 4 aromatic rings. The van der Waals surface area contributed by atoms with Crippen molar-refractivity contribution >= 4 is 50.7 Å². The van der Waals surface area contributed by atoms with Crippen LogP contribution in [0.5, 0.6) is 0 Å². The molecule has 0 unspecified atom stereocenters. The first-order valence-electron chi connectivity index (χ1n) is 8.99. The molecule has 4 rings (SSSR count). The van der Waals surface area contributed by atoms with E-state index in [0.29, 0.717) is 10.7 Å². The second-order valence-electron chi connectivity index (χ2n) is 6.52. The van der Waals surface area contributed by atoms with E-state index < -0.39 is 35.8 Å². The van der Waals surface area contributed by atoms with Crippen LogP contribution < -0.4 is 5.32 Å². The molecule has 0 radical (unpaired) electrons. The Labute approximate surface area is 184 Å². The molecule has 31 heavy (non-hydrogen) atoms. The van der Waals surface area contributed by atoms with Gasteiger partial charge in [-0.2, -0.15) is 5.10 Å². The summed E-state index contributed by atoms with van der Waals surface area (Å²) in [6, 6.07) is 11.9. The maximum atomic E-state index is 13.6. The lowest BCUT2D eigenvalue weighted by atomic mass is 10.3. The molecule has 0 saturated heterocycles. The van der Waals surface area contributed by atoms with Crippen molar-refractivity contribution in [3.63, 3.8) is 0 Å². The number of hydrogen-bond acceptors (Lipinski definition) is 5. The molecule has 2 aromatic heterocycles. The van der Waals surface area contributed by atoms with Crippen LogP contribution in [0.25, 0.3) is 15.9 Å². The van der Waals surface area contributed by atoms with E-state index in [2.05, 4.69) is 10.4 Å². The summed E-state index contributed by atoms with van der Waals surface area (Å²) in [5, 5.41) is 7.91. The lowest BCUT2D eigenvalue weighted by molar-refractivity contribution is -0.119. The van der Waals surface area contributed by atoms with Crippen molar-refractivity contribution in [1.29, 1.82) is 0 Å². The number of aryl methyl sites for hydroxylation is 1. The summed E-state index contributed by atoms with van der Waals surface area (Å²) in [4.78, 5) is 25.4. The van der Waals surface area contributed by atoms with E-state index in [1.165, 1.54) is 6.07 Å². The molecule has 0 bridgehead atoms. The maximum absolute atomic E-state index is 13.6. The Morgan fingerprint density at radius 1 is 1.16 bits per heavy atom. The highest BCUT2D eigenvalue weighted by Gasteiger charge is 2.20. The molecule has 2 aromatic carbocycles. The van der Waals surface area contributed by atoms with Gasteiger partial charge in [0.2, 0.25) is 0 Å². The molecule has 0 aliphatic carbocycles. The summed E-state index contributed by atoms with van der Waals surface area (Å²) >= 11 is 7.09. The molecule has 0 aliphatic heterocycles. The van der Waals surface area contributed by atoms with Gasteiger partial charge in [0.1, 0.15) is 27.0 Å². The number of aromatic nitrogens is 2. The normalized spacial score (nSPS) is 11.0. The van der Waals surface area contributed by atoms with E-state index in [4.69, 9.17) is 16.3 Å². The Morgan fingerprint density at radius 3 is 2.52 bits per heavy atom. The van der Waals surface area contributed by atoms with Crippen LogP contribution in [0.15, 0.2) is 48.5 Å². The Balaban J connectivity index is 1.49. The summed E-state index contributed by atoms with van der Waals surface area (Å²) in [7, 11) is 0. The Hall–Kier alpha value is -3.30. The topological polar surface area (TPSA) is 73.2 Å². The standard InChI is InChI=1S/C21H14ClF2N3O3S/c1-11-14-9-17(31-20(14)27(26-11)13-7-5-12(22)6-8-13)21(29)30-10-18(28)25-19-15(23)3-2-4-16(19)24/h2-9H,10H2,1H3,(H,25,28). The number of carbonyl (C=O) groups excluding carboxylic acids is 2. The number of anilines is 1. The van der Waals surface area contributed by atoms with Crippen LogP contribution >= 0.6 is 22.9 Å². The number of nitrogens with zero attached hydrogens (tertiary/aromatic N) is 2. The first kappa shape index (κ1) is 21.0. The summed E-state index contributed by atoms with van der Waals surface area (Å²) < 4.78 is 33.9. The molecule has 2 heterocycles. The van der Waals surface area contributed by atoms with E-state index in [1.54, 1.807) is 35.0 Å². The lowest BCUT2D eigenvalue weighted by Crippen LogP contribution is -2.21. The zero-order valence-electron chi connectivity index (χ0n) is 16.0. The number of fused-ring (bicyclic) bond motifs is 1. The molecule has 0 atom stereocenters. The summed E-state index contributed by atoms with van der Waals surface area (Å²) in [6.45, 7) is 1.12. The number of halogens is 3. The summed E-state index contributed by atoms with van der Waals surface area (Å²) in [6.07, 6.45) is 0. The number of carbonyl (C=O) groups is 2. The molecular formula is C21H14ClF2N3O3S. The van der Waals surface area contributed by atoms with Gasteiger partial charge in [0.15, 0.2) is 6.61 Å². The van der Waals surface area contributed by atoms with Crippen molar-refractivity contribution in [2.45, 2.75) is 6.92 Å². The van der Waals surface area contributed by atoms with Crippen LogP contribution in [0.1, 0.15) is 15.4 Å². The van der Waals surface area contributed by atoms with Crippen LogP contribution in [0, 0.1) is 18.6 Å². The molecule has 0 spiro atoms. The number of para-hydroxylation sites is 1. The summed E-state index contributed by atoms with van der Waals surface area (Å²) in [5.41, 5.74) is 0.896. The van der Waals surface area contributed by atoms with Gasteiger partial charge in [0, 0.05) is 10.4 Å². The van der Waals surface area contributed by atoms with E-state index in [9.17, 15) is 18.4 Å². The molecule has 1 N–H and O–H groups in total. The molecule has 0 saturated carbocycles. The van der Waals surface area contributed by atoms with Crippen molar-refractivity contribution in [1.82, 2.24) is 9.78 Å². The number of esters is 1. The van der Waals surface area contributed by atoms with E-state index >= 15 is 0 Å². The Bertz CT molecular complexity index is 1280. The summed E-state index contributed by atoms with van der Waals surface area (Å²) in [5.74, 6) is -3.44. The number of thiophene rings is 1. The number of benzene rings is 2. The predicted octanol–water partition coefficient (Wildman–Crippen LogP) is 5.12. The zero-order chi connectivity index (χ0) is 22.1. The Morgan fingerprint density at radius 2 is 1.84 bits per heavy atom. The van der Waals surface area contributed by atoms with E-state index in [1.807, 2.05) is 6.92 Å². The fourth-order valence-corrected chi connectivity index (χ4v) is 4.10. The SMILES string of the molecule is Cc1nn(-c2ccc(Cl)cc2)c2sc(C(=O)OCC(=O)Nc3c(F)cccc3F)cc12. The molecule has 0 aliphatic rings. The molecule has 158 valence electrons. The second kappa shape index (κ2) is 8.44. The van der Waals surface area contributed by atoms with Gasteiger partial charge in [0.05, 0.1) is 11.4 Å². The van der Waals surface area contributed by atoms with Crippen molar-refractivity contribution in [2.75, 3.05) is 11.9 Å². The highest BCUT2D eigenvalue weighted by atomic mass is 35.5. The van der Waals surface area contributed by atoms with Gasteiger partial charge in [-0.05, 0) is 49.4 Å². The monoisotopic (exact) mass is 461 g/mol. The largest absolute Gasteiger partial charge is 0.451 e. The molecule has 6 nitrogen and oxygen atoms in total. The predicted molar refractivity (Wildman–Crippen MR) is 114 cm³/mol. The van der Waals surface area contributed by atoms with Crippen molar-refractivity contribution in [2.24, 2.45) is 0 Å². The van der Waals surface area contributed by atoms with Crippen molar-refractivity contribution in [3.8, 4) is 5.69 Å². The molecular weight excluding hydrogens is 448 g/mol. The van der Waals surface area contributed by atoms with E-state index in [0.717, 1.165) is 39.4 Å².